The second kappa shape index (κ2) is 6.26. The molecule has 6 nitrogen and oxygen atoms in total. The highest BCUT2D eigenvalue weighted by Gasteiger charge is 2.57. The molecule has 1 aromatic carbocycles. The van der Waals surface area contributed by atoms with E-state index in [9.17, 15) is 14.4 Å². The van der Waals surface area contributed by atoms with Gasteiger partial charge in [-0.1, -0.05) is 44.2 Å². The molecule has 128 valence electrons. The van der Waals surface area contributed by atoms with Crippen molar-refractivity contribution in [2.75, 3.05) is 6.61 Å². The van der Waals surface area contributed by atoms with Gasteiger partial charge < -0.3 is 9.64 Å². The molecule has 0 bridgehead atoms. The lowest BCUT2D eigenvalue weighted by atomic mass is 9.87. The number of amides is 2. The van der Waals surface area contributed by atoms with Crippen LogP contribution in [0.25, 0.3) is 0 Å². The molecule has 0 aromatic heterocycles. The number of ether oxygens (including phenoxy) is 1. The molecule has 2 fully saturated rings. The number of likely N-dealkylation sites (tertiary alicyclic amines) is 1. The van der Waals surface area contributed by atoms with Crippen LogP contribution in [-0.2, 0) is 20.9 Å². The molecule has 24 heavy (non-hydrogen) atoms. The van der Waals surface area contributed by atoms with Crippen LogP contribution >= 0.6 is 0 Å². The largest absolute Gasteiger partial charge is 0.447 e. The third-order valence-corrected chi connectivity index (χ3v) is 4.80. The van der Waals surface area contributed by atoms with E-state index >= 15 is 0 Å². The average Bonchev–Trinajstić information content (AvgIpc) is 2.92. The Hall–Kier alpha value is -2.37. The highest BCUT2D eigenvalue weighted by atomic mass is 16.6. The summed E-state index contributed by atoms with van der Waals surface area (Å²) in [7, 11) is 0. The minimum absolute atomic E-state index is 0.113. The van der Waals surface area contributed by atoms with E-state index in [-0.39, 0.29) is 30.3 Å². The molecule has 0 saturated carbocycles. The van der Waals surface area contributed by atoms with Gasteiger partial charge in [-0.3, -0.25) is 14.5 Å². The van der Waals surface area contributed by atoms with Gasteiger partial charge in [-0.25, -0.2) is 4.79 Å². The van der Waals surface area contributed by atoms with Gasteiger partial charge >= 0.3 is 6.09 Å². The number of carbonyl (C=O) groups excluding carboxylic acids is 3. The Bertz CT molecular complexity index is 658. The van der Waals surface area contributed by atoms with Gasteiger partial charge in [0.25, 0.3) is 0 Å². The molecule has 0 radical (unpaired) electrons. The first-order valence-electron chi connectivity index (χ1n) is 8.21. The van der Waals surface area contributed by atoms with Crippen molar-refractivity contribution in [1.29, 1.82) is 0 Å². The lowest BCUT2D eigenvalue weighted by Crippen LogP contribution is -2.73. The second-order valence-corrected chi connectivity index (χ2v) is 6.75. The third kappa shape index (κ3) is 2.66. The summed E-state index contributed by atoms with van der Waals surface area (Å²) < 4.78 is 5.13. The third-order valence-electron chi connectivity index (χ3n) is 4.80. The Morgan fingerprint density at radius 1 is 1.25 bits per heavy atom. The van der Waals surface area contributed by atoms with Gasteiger partial charge in [0.15, 0.2) is 5.78 Å². The lowest BCUT2D eigenvalue weighted by Gasteiger charge is -2.50. The zero-order valence-corrected chi connectivity index (χ0v) is 14.1. The SMILES string of the molecule is CC(=O)[C@H]1[C@@H](N2C(=O)OC[C@@H]2C(C)C)C(=O)N1Cc1ccccc1. The number of nitrogens with zero attached hydrogens (tertiary/aromatic N) is 2. The van der Waals surface area contributed by atoms with Crippen LogP contribution in [0.1, 0.15) is 26.3 Å². The number of carbonyl (C=O) groups is 3. The number of hydrogen-bond donors (Lipinski definition) is 0. The summed E-state index contributed by atoms with van der Waals surface area (Å²) in [6, 6.07) is 8.00. The van der Waals surface area contributed by atoms with Gasteiger partial charge in [-0.15, -0.1) is 0 Å². The minimum atomic E-state index is -0.742. The maximum absolute atomic E-state index is 12.7. The van der Waals surface area contributed by atoms with Crippen molar-refractivity contribution in [3.63, 3.8) is 0 Å². The van der Waals surface area contributed by atoms with Gasteiger partial charge in [0.05, 0.1) is 6.04 Å². The summed E-state index contributed by atoms with van der Waals surface area (Å²) in [5, 5.41) is 0. The van der Waals surface area contributed by atoms with Crippen molar-refractivity contribution in [1.82, 2.24) is 9.80 Å². The molecular weight excluding hydrogens is 308 g/mol. The molecule has 2 aliphatic heterocycles. The van der Waals surface area contributed by atoms with Crippen LogP contribution in [0.15, 0.2) is 30.3 Å². The molecule has 6 heteroatoms. The van der Waals surface area contributed by atoms with Crippen LogP contribution in [-0.4, -0.2) is 52.3 Å². The molecule has 3 atom stereocenters. The number of benzene rings is 1. The normalized spacial score (nSPS) is 26.6. The van der Waals surface area contributed by atoms with Gasteiger partial charge in [0.1, 0.15) is 18.7 Å². The predicted molar refractivity (Wildman–Crippen MR) is 87.1 cm³/mol. The standard InChI is InChI=1S/C18H22N2O4/c1-11(2)14-10-24-18(23)20(14)16-15(12(3)21)19(17(16)22)9-13-7-5-4-6-8-13/h4-8,11,14-16H,9-10H2,1-3H3/t14-,15+,16-/m1/s1. The second-order valence-electron chi connectivity index (χ2n) is 6.75. The number of hydrogen-bond acceptors (Lipinski definition) is 4. The van der Waals surface area contributed by atoms with Crippen molar-refractivity contribution >= 4 is 17.8 Å². The maximum atomic E-state index is 12.7. The van der Waals surface area contributed by atoms with Crippen LogP contribution in [0, 0.1) is 5.92 Å². The molecule has 2 amide bonds. The molecule has 3 rings (SSSR count). The summed E-state index contributed by atoms with van der Waals surface area (Å²) in [5.74, 6) is -0.152. The minimum Gasteiger partial charge on any atom is -0.447 e. The van der Waals surface area contributed by atoms with Crippen LogP contribution in [0.3, 0.4) is 0 Å². The number of rotatable bonds is 5. The fourth-order valence-electron chi connectivity index (χ4n) is 3.48. The maximum Gasteiger partial charge on any atom is 0.410 e. The first-order chi connectivity index (χ1) is 11.4. The molecular formula is C18H22N2O4. The monoisotopic (exact) mass is 330 g/mol. The fourth-order valence-corrected chi connectivity index (χ4v) is 3.48. The van der Waals surface area contributed by atoms with Crippen molar-refractivity contribution in [2.45, 2.75) is 45.4 Å². The molecule has 0 spiro atoms. The molecule has 2 saturated heterocycles. The fraction of sp³-hybridized carbons (Fsp3) is 0.500. The smallest absolute Gasteiger partial charge is 0.410 e. The van der Waals surface area contributed by atoms with Crippen LogP contribution in [0.4, 0.5) is 4.79 Å². The van der Waals surface area contributed by atoms with Gasteiger partial charge in [-0.2, -0.15) is 0 Å². The van der Waals surface area contributed by atoms with E-state index in [0.29, 0.717) is 6.54 Å². The number of ketones is 1. The summed E-state index contributed by atoms with van der Waals surface area (Å²) in [6.07, 6.45) is -0.502. The first kappa shape index (κ1) is 16.5. The Labute approximate surface area is 141 Å². The van der Waals surface area contributed by atoms with Crippen molar-refractivity contribution in [3.05, 3.63) is 35.9 Å². The number of β-lactam (4-membered cyclic amide) rings is 1. The van der Waals surface area contributed by atoms with Crippen molar-refractivity contribution in [3.8, 4) is 0 Å². The topological polar surface area (TPSA) is 66.9 Å². The summed E-state index contributed by atoms with van der Waals surface area (Å²) in [4.78, 5) is 40.0. The van der Waals surface area contributed by atoms with Gasteiger partial charge in [-0.05, 0) is 18.4 Å². The molecule has 0 aliphatic carbocycles. The molecule has 2 aliphatic rings. The first-order valence-corrected chi connectivity index (χ1v) is 8.21. The molecule has 1 aromatic rings. The summed E-state index contributed by atoms with van der Waals surface area (Å²) in [5.41, 5.74) is 0.958. The van der Waals surface area contributed by atoms with E-state index in [1.165, 1.54) is 11.8 Å². The Morgan fingerprint density at radius 3 is 2.50 bits per heavy atom. The van der Waals surface area contributed by atoms with E-state index in [2.05, 4.69) is 0 Å². The quantitative estimate of drug-likeness (QED) is 0.773. The molecule has 2 heterocycles. The number of cyclic esters (lactones) is 1. The predicted octanol–water partition coefficient (Wildman–Crippen LogP) is 1.83. The zero-order chi connectivity index (χ0) is 17.4. The molecule has 0 unspecified atom stereocenters. The van der Waals surface area contributed by atoms with Crippen LogP contribution in [0.5, 0.6) is 0 Å². The zero-order valence-electron chi connectivity index (χ0n) is 14.1. The van der Waals surface area contributed by atoms with E-state index < -0.39 is 18.2 Å². The van der Waals surface area contributed by atoms with Crippen molar-refractivity contribution < 1.29 is 19.1 Å². The molecule has 0 N–H and O–H groups in total. The summed E-state index contributed by atoms with van der Waals surface area (Å²) >= 11 is 0. The van der Waals surface area contributed by atoms with Crippen LogP contribution in [0.2, 0.25) is 0 Å². The Kier molecular flexibility index (Phi) is 4.30. The van der Waals surface area contributed by atoms with E-state index in [4.69, 9.17) is 4.74 Å². The van der Waals surface area contributed by atoms with E-state index in [1.54, 1.807) is 4.90 Å². The van der Waals surface area contributed by atoms with E-state index in [1.807, 2.05) is 44.2 Å². The number of Topliss-reactive ketones (excluding diaryl/α,β-unsaturated/α-hetero) is 1. The van der Waals surface area contributed by atoms with Crippen LogP contribution < -0.4 is 0 Å². The van der Waals surface area contributed by atoms with Crippen molar-refractivity contribution in [2.24, 2.45) is 5.92 Å². The van der Waals surface area contributed by atoms with E-state index in [0.717, 1.165) is 5.56 Å². The average molecular weight is 330 g/mol. The Balaban J connectivity index is 1.83. The van der Waals surface area contributed by atoms with Gasteiger partial charge in [0, 0.05) is 6.54 Å². The highest BCUT2D eigenvalue weighted by molar-refractivity contribution is 6.03. The Morgan fingerprint density at radius 2 is 1.92 bits per heavy atom. The highest BCUT2D eigenvalue weighted by Crippen LogP contribution is 2.33. The lowest BCUT2D eigenvalue weighted by molar-refractivity contribution is -0.164. The van der Waals surface area contributed by atoms with Gasteiger partial charge in [0.2, 0.25) is 5.91 Å². The summed E-state index contributed by atoms with van der Waals surface area (Å²) in [6.45, 7) is 6.06.